The molecule has 3 aromatic rings. The molecule has 2 aromatic heterocycles. The van der Waals surface area contributed by atoms with E-state index in [1.165, 1.54) is 11.3 Å². The van der Waals surface area contributed by atoms with Crippen LogP contribution < -0.4 is 15.0 Å². The van der Waals surface area contributed by atoms with Gasteiger partial charge in [0.15, 0.2) is 10.3 Å². The lowest BCUT2D eigenvalue weighted by Gasteiger charge is -2.37. The highest BCUT2D eigenvalue weighted by Crippen LogP contribution is 2.36. The molecule has 1 aliphatic heterocycles. The normalized spacial score (nSPS) is 13.9. The van der Waals surface area contributed by atoms with Crippen LogP contribution in [0.2, 0.25) is 0 Å². The van der Waals surface area contributed by atoms with Gasteiger partial charge in [-0.1, -0.05) is 17.4 Å². The van der Waals surface area contributed by atoms with E-state index in [9.17, 15) is 9.59 Å². The van der Waals surface area contributed by atoms with E-state index in [-0.39, 0.29) is 24.2 Å². The highest BCUT2D eigenvalue weighted by molar-refractivity contribution is 7.22. The summed E-state index contributed by atoms with van der Waals surface area (Å²) in [5, 5.41) is 5.98. The number of nitrogens with one attached hydrogen (secondary N) is 1. The first-order valence-corrected chi connectivity index (χ1v) is 10.9. The molecule has 0 aliphatic carbocycles. The number of hydrogen-bond acceptors (Lipinski definition) is 9. The number of rotatable bonds is 7. The summed E-state index contributed by atoms with van der Waals surface area (Å²) in [7, 11) is 1.63. The zero-order chi connectivity index (χ0) is 20.4. The lowest BCUT2D eigenvalue weighted by atomic mass is 10.0. The van der Waals surface area contributed by atoms with Crippen LogP contribution in [0, 0.1) is 5.92 Å². The van der Waals surface area contributed by atoms with Gasteiger partial charge in [0.25, 0.3) is 0 Å². The fraction of sp³-hybridized carbons (Fsp3) is 0.368. The standard InChI is InChI=1S/C19H20N4O4S2/c1-3-27-15(24)7-12-10-28-18(20-12)22-17(25)11-8-23(9-11)19-21-16-13(26-2)5-4-6-14(16)29-19/h4-6,10-11H,3,7-9H2,1-2H3,(H,20,22,25). The molecule has 0 radical (unpaired) electrons. The van der Waals surface area contributed by atoms with E-state index >= 15 is 0 Å². The van der Waals surface area contributed by atoms with Crippen molar-refractivity contribution >= 4 is 55.0 Å². The van der Waals surface area contributed by atoms with E-state index < -0.39 is 0 Å². The van der Waals surface area contributed by atoms with Crippen LogP contribution in [0.3, 0.4) is 0 Å². The number of methoxy groups -OCH3 is 1. The third-order valence-corrected chi connectivity index (χ3v) is 6.41. The summed E-state index contributed by atoms with van der Waals surface area (Å²) >= 11 is 2.90. The van der Waals surface area contributed by atoms with Gasteiger partial charge in [-0.3, -0.25) is 9.59 Å². The summed E-state index contributed by atoms with van der Waals surface area (Å²) in [6.45, 7) is 3.31. The van der Waals surface area contributed by atoms with Crippen LogP contribution in [0.25, 0.3) is 10.2 Å². The van der Waals surface area contributed by atoms with Crippen LogP contribution in [0.1, 0.15) is 12.6 Å². The van der Waals surface area contributed by atoms with Crippen molar-refractivity contribution in [2.45, 2.75) is 13.3 Å². The molecule has 1 amide bonds. The van der Waals surface area contributed by atoms with Gasteiger partial charge >= 0.3 is 5.97 Å². The van der Waals surface area contributed by atoms with Gasteiger partial charge in [0.1, 0.15) is 11.3 Å². The van der Waals surface area contributed by atoms with Crippen molar-refractivity contribution in [3.63, 3.8) is 0 Å². The van der Waals surface area contributed by atoms with Crippen molar-refractivity contribution < 1.29 is 19.1 Å². The average Bonchev–Trinajstić information content (AvgIpc) is 3.26. The Morgan fingerprint density at radius 1 is 1.31 bits per heavy atom. The predicted molar refractivity (Wildman–Crippen MR) is 113 cm³/mol. The van der Waals surface area contributed by atoms with Crippen molar-refractivity contribution in [3.05, 3.63) is 29.3 Å². The number of hydrogen-bond donors (Lipinski definition) is 1. The van der Waals surface area contributed by atoms with Crippen molar-refractivity contribution in [2.75, 3.05) is 37.0 Å². The molecule has 1 aromatic carbocycles. The summed E-state index contributed by atoms with van der Waals surface area (Å²) in [6.07, 6.45) is 0.110. The molecule has 1 saturated heterocycles. The number of fused-ring (bicyclic) bond motifs is 1. The van der Waals surface area contributed by atoms with Crippen LogP contribution in [0.15, 0.2) is 23.6 Å². The SMILES string of the molecule is CCOC(=O)Cc1csc(NC(=O)C2CN(c3nc4c(OC)cccc4s3)C2)n1. The first-order chi connectivity index (χ1) is 14.1. The number of esters is 1. The number of benzene rings is 1. The molecule has 1 aliphatic rings. The number of thiazole rings is 2. The van der Waals surface area contributed by atoms with Crippen molar-refractivity contribution in [2.24, 2.45) is 5.92 Å². The minimum Gasteiger partial charge on any atom is -0.494 e. The Kier molecular flexibility index (Phi) is 5.63. The van der Waals surface area contributed by atoms with Gasteiger partial charge in [-0.15, -0.1) is 11.3 Å². The monoisotopic (exact) mass is 432 g/mol. The number of para-hydroxylation sites is 1. The molecule has 1 N–H and O–H groups in total. The topological polar surface area (TPSA) is 93.7 Å². The molecule has 29 heavy (non-hydrogen) atoms. The Morgan fingerprint density at radius 2 is 2.14 bits per heavy atom. The smallest absolute Gasteiger partial charge is 0.311 e. The molecule has 3 heterocycles. The fourth-order valence-corrected chi connectivity index (χ4v) is 4.74. The predicted octanol–water partition coefficient (Wildman–Crippen LogP) is 2.94. The number of ether oxygens (including phenoxy) is 2. The van der Waals surface area contributed by atoms with E-state index in [1.54, 1.807) is 30.8 Å². The molecular weight excluding hydrogens is 412 g/mol. The largest absolute Gasteiger partial charge is 0.494 e. The number of amides is 1. The highest BCUT2D eigenvalue weighted by atomic mass is 32.1. The van der Waals surface area contributed by atoms with E-state index in [2.05, 4.69) is 20.2 Å². The summed E-state index contributed by atoms with van der Waals surface area (Å²) in [5.74, 6) is 0.235. The van der Waals surface area contributed by atoms with Gasteiger partial charge in [0.05, 0.1) is 36.4 Å². The van der Waals surface area contributed by atoms with Crippen molar-refractivity contribution in [1.82, 2.24) is 9.97 Å². The third-order valence-electron chi connectivity index (χ3n) is 4.53. The maximum absolute atomic E-state index is 12.5. The average molecular weight is 433 g/mol. The molecule has 0 bridgehead atoms. The first kappa shape index (κ1) is 19.6. The highest BCUT2D eigenvalue weighted by Gasteiger charge is 2.35. The van der Waals surface area contributed by atoms with Crippen LogP contribution in [0.4, 0.5) is 10.3 Å². The van der Waals surface area contributed by atoms with Gasteiger partial charge in [-0.2, -0.15) is 0 Å². The Bertz CT molecular complexity index is 1040. The van der Waals surface area contributed by atoms with Crippen LogP contribution in [-0.2, 0) is 20.7 Å². The quantitative estimate of drug-likeness (QED) is 0.574. The molecule has 0 atom stereocenters. The Morgan fingerprint density at radius 3 is 2.90 bits per heavy atom. The second kappa shape index (κ2) is 8.34. The van der Waals surface area contributed by atoms with Gasteiger partial charge in [0, 0.05) is 18.5 Å². The first-order valence-electron chi connectivity index (χ1n) is 9.16. The second-order valence-corrected chi connectivity index (χ2v) is 8.39. The molecular formula is C19H20N4O4S2. The summed E-state index contributed by atoms with van der Waals surface area (Å²) in [4.78, 5) is 35.0. The minimum absolute atomic E-state index is 0.0722. The van der Waals surface area contributed by atoms with Gasteiger partial charge in [-0.25, -0.2) is 9.97 Å². The second-order valence-electron chi connectivity index (χ2n) is 6.52. The summed E-state index contributed by atoms with van der Waals surface area (Å²) < 4.78 is 11.3. The lowest BCUT2D eigenvalue weighted by Crippen LogP contribution is -2.52. The number of carbonyl (C=O) groups excluding carboxylic acids is 2. The van der Waals surface area contributed by atoms with Crippen LogP contribution in [0.5, 0.6) is 5.75 Å². The molecule has 0 spiro atoms. The lowest BCUT2D eigenvalue weighted by molar-refractivity contribution is -0.142. The maximum atomic E-state index is 12.5. The maximum Gasteiger partial charge on any atom is 0.311 e. The Hall–Kier alpha value is -2.72. The molecule has 0 saturated carbocycles. The van der Waals surface area contributed by atoms with Crippen LogP contribution in [-0.4, -0.2) is 48.7 Å². The minimum atomic E-state index is -0.322. The van der Waals surface area contributed by atoms with Crippen LogP contribution >= 0.6 is 22.7 Å². The summed E-state index contributed by atoms with van der Waals surface area (Å²) in [6, 6.07) is 5.85. The van der Waals surface area contributed by atoms with Gasteiger partial charge < -0.3 is 19.7 Å². The van der Waals surface area contributed by atoms with Crippen molar-refractivity contribution in [3.8, 4) is 5.75 Å². The molecule has 8 nitrogen and oxygen atoms in total. The number of aromatic nitrogens is 2. The Labute approximate surface area is 175 Å². The molecule has 1 fully saturated rings. The number of nitrogens with zero attached hydrogens (tertiary/aromatic N) is 3. The number of carbonyl (C=O) groups is 2. The van der Waals surface area contributed by atoms with E-state index in [0.717, 1.165) is 21.1 Å². The third kappa shape index (κ3) is 4.18. The van der Waals surface area contributed by atoms with E-state index in [0.29, 0.717) is 30.5 Å². The molecule has 10 heteroatoms. The Balaban J connectivity index is 1.33. The fourth-order valence-electron chi connectivity index (χ4n) is 3.03. The zero-order valence-corrected chi connectivity index (χ0v) is 17.6. The molecule has 152 valence electrons. The molecule has 4 rings (SSSR count). The van der Waals surface area contributed by atoms with Crippen molar-refractivity contribution in [1.29, 1.82) is 0 Å². The van der Waals surface area contributed by atoms with E-state index in [4.69, 9.17) is 9.47 Å². The molecule has 0 unspecified atom stereocenters. The van der Waals surface area contributed by atoms with Gasteiger partial charge in [-0.05, 0) is 19.1 Å². The zero-order valence-electron chi connectivity index (χ0n) is 16.0. The number of anilines is 2. The van der Waals surface area contributed by atoms with E-state index in [1.807, 2.05) is 18.2 Å². The van der Waals surface area contributed by atoms with Gasteiger partial charge in [0.2, 0.25) is 5.91 Å². The summed E-state index contributed by atoms with van der Waals surface area (Å²) in [5.41, 5.74) is 1.45.